The number of benzene rings is 2. The Labute approximate surface area is 159 Å². The molecule has 13 heteroatoms. The zero-order chi connectivity index (χ0) is 21.6. The monoisotopic (exact) mass is 421 g/mol. The van der Waals surface area contributed by atoms with E-state index in [1.807, 2.05) is 0 Å². The third-order valence-electron chi connectivity index (χ3n) is 3.64. The average Bonchev–Trinajstić information content (AvgIpc) is 2.61. The summed E-state index contributed by atoms with van der Waals surface area (Å²) in [7, 11) is 0. The summed E-state index contributed by atoms with van der Waals surface area (Å²) in [6.45, 7) is 0. The van der Waals surface area contributed by atoms with Crippen molar-refractivity contribution in [2.75, 3.05) is 5.32 Å². The quantitative estimate of drug-likeness (QED) is 0.171. The number of carboxylic acids is 1. The van der Waals surface area contributed by atoms with E-state index in [9.17, 15) is 50.0 Å². The number of anilines is 2. The van der Waals surface area contributed by atoms with E-state index in [0.717, 1.165) is 12.1 Å². The summed E-state index contributed by atoms with van der Waals surface area (Å²) in [5.74, 6) is -14.8. The van der Waals surface area contributed by atoms with Gasteiger partial charge in [0.2, 0.25) is 5.75 Å². The molecular weight excluding hydrogens is 409 g/mol. The summed E-state index contributed by atoms with van der Waals surface area (Å²) in [5.41, 5.74) is -3.30. The lowest BCUT2D eigenvalue weighted by molar-refractivity contribution is -0.324. The number of carboxylic acid groups (broad SMARTS) is 1. The van der Waals surface area contributed by atoms with Gasteiger partial charge in [0, 0.05) is 16.8 Å². The molecule has 2 aromatic carbocycles. The van der Waals surface area contributed by atoms with Crippen LogP contribution in [0.25, 0.3) is 0 Å². The highest BCUT2D eigenvalue weighted by molar-refractivity contribution is 6.35. The molecule has 28 heavy (non-hydrogen) atoms. The van der Waals surface area contributed by atoms with Gasteiger partial charge >= 0.3 is 11.9 Å². The van der Waals surface area contributed by atoms with Crippen molar-refractivity contribution in [3.05, 3.63) is 40.2 Å². The minimum absolute atomic E-state index is 0.461. The number of rotatable bonds is 5. The van der Waals surface area contributed by atoms with Crippen molar-refractivity contribution >= 4 is 28.9 Å². The van der Waals surface area contributed by atoms with Crippen LogP contribution < -0.4 is 5.32 Å². The van der Waals surface area contributed by atoms with Crippen LogP contribution in [0.4, 0.5) is 15.8 Å². The molecule has 11 nitrogen and oxygen atoms in total. The first-order valence-corrected chi connectivity index (χ1v) is 7.46. The summed E-state index contributed by atoms with van der Waals surface area (Å²) >= 11 is 5.67. The van der Waals surface area contributed by atoms with E-state index in [1.165, 1.54) is 0 Å². The molecule has 0 saturated carbocycles. The van der Waals surface area contributed by atoms with Gasteiger partial charge in [-0.15, -0.1) is 0 Å². The van der Waals surface area contributed by atoms with E-state index in [2.05, 4.69) is 5.32 Å². The maximum Gasteiger partial charge on any atom is 0.369 e. The van der Waals surface area contributed by atoms with Gasteiger partial charge in [-0.3, -0.25) is 0 Å². The van der Waals surface area contributed by atoms with Gasteiger partial charge in [0.1, 0.15) is 10.7 Å². The Morgan fingerprint density at radius 2 is 1.57 bits per heavy atom. The normalized spacial score (nSPS) is 12.1. The molecular formula is C15H13ClFNO10. The summed E-state index contributed by atoms with van der Waals surface area (Å²) < 4.78 is 14.2. The van der Waals surface area contributed by atoms with Crippen molar-refractivity contribution in [2.45, 2.75) is 11.8 Å². The maximum atomic E-state index is 14.2. The van der Waals surface area contributed by atoms with Crippen LogP contribution >= 0.6 is 11.6 Å². The predicted octanol–water partition coefficient (Wildman–Crippen LogP) is -0.351. The highest BCUT2D eigenvalue weighted by Crippen LogP contribution is 2.48. The van der Waals surface area contributed by atoms with Crippen molar-refractivity contribution in [2.24, 2.45) is 0 Å². The largest absolute Gasteiger partial charge is 0.503 e. The maximum absolute atomic E-state index is 14.2. The molecule has 2 rings (SSSR count). The summed E-state index contributed by atoms with van der Waals surface area (Å²) in [4.78, 5) is 11.1. The molecule has 0 saturated heterocycles. The molecule has 152 valence electrons. The van der Waals surface area contributed by atoms with Crippen LogP contribution in [0.15, 0.2) is 18.2 Å². The predicted molar refractivity (Wildman–Crippen MR) is 88.2 cm³/mol. The first kappa shape index (κ1) is 21.4. The number of carbonyl (C=O) groups is 1. The van der Waals surface area contributed by atoms with Gasteiger partial charge in [0.25, 0.3) is 5.79 Å². The Kier molecular flexibility index (Phi) is 5.31. The summed E-state index contributed by atoms with van der Waals surface area (Å²) in [5, 5.41) is 85.8. The zero-order valence-corrected chi connectivity index (χ0v) is 14.2. The standard InChI is InChI=1S/C15H13ClFNO10/c16-7-9(8(17)11(20)12(21)10(7)19)18-6-2-1-4(15(26,27)28)3-5(6)14(24,25)13(22)23/h1-3,18-21,24-28H,(H,22,23). The van der Waals surface area contributed by atoms with Crippen LogP contribution in [0.3, 0.4) is 0 Å². The minimum Gasteiger partial charge on any atom is -0.503 e. The third-order valence-corrected chi connectivity index (χ3v) is 4.01. The van der Waals surface area contributed by atoms with Gasteiger partial charge in [0.05, 0.1) is 0 Å². The summed E-state index contributed by atoms with van der Waals surface area (Å²) in [6, 6.07) is 2.03. The van der Waals surface area contributed by atoms with Crippen LogP contribution in [0.2, 0.25) is 5.02 Å². The van der Waals surface area contributed by atoms with Crippen LogP contribution in [0, 0.1) is 5.82 Å². The highest BCUT2D eigenvalue weighted by atomic mass is 35.5. The zero-order valence-electron chi connectivity index (χ0n) is 13.4. The first-order chi connectivity index (χ1) is 12.7. The van der Waals surface area contributed by atoms with E-state index in [0.29, 0.717) is 6.07 Å². The van der Waals surface area contributed by atoms with E-state index < -0.39 is 68.3 Å². The molecule has 0 spiro atoms. The van der Waals surface area contributed by atoms with Gasteiger partial charge in [-0.1, -0.05) is 11.6 Å². The number of aromatic hydroxyl groups is 3. The number of halogens is 2. The highest BCUT2D eigenvalue weighted by Gasteiger charge is 2.40. The number of nitrogens with one attached hydrogen (secondary N) is 1. The fourth-order valence-corrected chi connectivity index (χ4v) is 2.38. The smallest absolute Gasteiger partial charge is 0.369 e. The van der Waals surface area contributed by atoms with Crippen LogP contribution in [0.1, 0.15) is 11.1 Å². The Morgan fingerprint density at radius 3 is 2.07 bits per heavy atom. The molecule has 0 atom stereocenters. The molecule has 0 fully saturated rings. The van der Waals surface area contributed by atoms with Crippen molar-refractivity contribution in [1.29, 1.82) is 0 Å². The molecule has 0 radical (unpaired) electrons. The van der Waals surface area contributed by atoms with Crippen LogP contribution in [-0.2, 0) is 16.6 Å². The molecule has 0 bridgehead atoms. The molecule has 0 aromatic heterocycles. The Bertz CT molecular complexity index is 928. The molecule has 0 amide bonds. The van der Waals surface area contributed by atoms with Gasteiger partial charge in [-0.2, -0.15) is 0 Å². The summed E-state index contributed by atoms with van der Waals surface area (Å²) in [6.07, 6.45) is 0. The van der Waals surface area contributed by atoms with Crippen molar-refractivity contribution < 1.29 is 55.1 Å². The topological polar surface area (TPSA) is 211 Å². The molecule has 2 aromatic rings. The van der Waals surface area contributed by atoms with Crippen molar-refractivity contribution in [1.82, 2.24) is 0 Å². The van der Waals surface area contributed by atoms with Crippen molar-refractivity contribution in [3.8, 4) is 17.2 Å². The lowest BCUT2D eigenvalue weighted by Gasteiger charge is -2.24. The average molecular weight is 422 g/mol. The van der Waals surface area contributed by atoms with Crippen LogP contribution in [0.5, 0.6) is 17.2 Å². The fraction of sp³-hybridized carbons (Fsp3) is 0.133. The minimum atomic E-state index is -3.67. The van der Waals surface area contributed by atoms with Gasteiger partial charge in [0.15, 0.2) is 17.3 Å². The second-order valence-electron chi connectivity index (χ2n) is 5.55. The molecule has 0 aliphatic heterocycles. The fourth-order valence-electron chi connectivity index (χ4n) is 2.16. The third kappa shape index (κ3) is 3.60. The van der Waals surface area contributed by atoms with Crippen molar-refractivity contribution in [3.63, 3.8) is 0 Å². The SMILES string of the molecule is O=C(O)C(O)(O)c1cc(C(O)(O)O)ccc1Nc1c(F)c(O)c(O)c(O)c1Cl. The van der Waals surface area contributed by atoms with Gasteiger partial charge < -0.3 is 51.3 Å². The second kappa shape index (κ2) is 6.94. The number of hydrogen-bond acceptors (Lipinski definition) is 10. The number of phenols is 3. The number of phenolic OH excluding ortho intramolecular Hbond substituents is 3. The van der Waals surface area contributed by atoms with Gasteiger partial charge in [-0.25, -0.2) is 9.18 Å². The molecule has 0 unspecified atom stereocenters. The van der Waals surface area contributed by atoms with Crippen LogP contribution in [-0.4, -0.2) is 51.9 Å². The lowest BCUT2D eigenvalue weighted by atomic mass is 9.99. The lowest BCUT2D eigenvalue weighted by Crippen LogP contribution is -2.36. The Hall–Kier alpha value is -2.87. The Balaban J connectivity index is 2.73. The van der Waals surface area contributed by atoms with E-state index in [1.54, 1.807) is 0 Å². The number of aliphatic hydroxyl groups is 5. The van der Waals surface area contributed by atoms with E-state index in [4.69, 9.17) is 16.7 Å². The number of hydrogen-bond donors (Lipinski definition) is 10. The first-order valence-electron chi connectivity index (χ1n) is 7.08. The number of aliphatic carboxylic acids is 1. The van der Waals surface area contributed by atoms with E-state index in [-0.39, 0.29) is 0 Å². The molecule has 10 N–H and O–H groups in total. The van der Waals surface area contributed by atoms with Gasteiger partial charge in [-0.05, 0) is 18.2 Å². The molecule has 0 heterocycles. The van der Waals surface area contributed by atoms with E-state index >= 15 is 0 Å². The second-order valence-corrected chi connectivity index (χ2v) is 5.92. The molecule has 0 aliphatic carbocycles. The Morgan fingerprint density at radius 1 is 1.00 bits per heavy atom. The molecule has 0 aliphatic rings.